The van der Waals surface area contributed by atoms with Crippen molar-refractivity contribution in [2.75, 3.05) is 6.54 Å². The largest absolute Gasteiger partial charge is 0.352 e. The van der Waals surface area contributed by atoms with Gasteiger partial charge < -0.3 is 5.32 Å². The third-order valence-corrected chi connectivity index (χ3v) is 3.37. The van der Waals surface area contributed by atoms with Crippen LogP contribution in [-0.4, -0.2) is 27.2 Å². The lowest BCUT2D eigenvalue weighted by molar-refractivity contribution is 0.0946. The molecule has 112 valence electrons. The fourth-order valence-electron chi connectivity index (χ4n) is 2.19. The lowest BCUT2D eigenvalue weighted by Crippen LogP contribution is -2.30. The first kappa shape index (κ1) is 15.2. The average Bonchev–Trinajstić information content (AvgIpc) is 2.75. The number of carbonyl (C=O) groups excluding carboxylic acids is 1. The molecule has 2 aromatic rings. The Morgan fingerprint density at radius 3 is 2.62 bits per heavy atom. The number of aromatic nitrogens is 3. The van der Waals surface area contributed by atoms with Gasteiger partial charge in [0.1, 0.15) is 0 Å². The fourth-order valence-corrected chi connectivity index (χ4v) is 2.19. The molecule has 0 aromatic carbocycles. The van der Waals surface area contributed by atoms with Gasteiger partial charge in [-0.15, -0.1) is 0 Å². The Bertz CT molecular complexity index is 616. The zero-order valence-corrected chi connectivity index (χ0v) is 13.1. The Balaban J connectivity index is 1.86. The van der Waals surface area contributed by atoms with Crippen molar-refractivity contribution >= 4 is 5.91 Å². The van der Waals surface area contributed by atoms with E-state index in [1.54, 1.807) is 12.3 Å². The molecule has 5 nitrogen and oxygen atoms in total. The molecule has 1 atom stereocenters. The van der Waals surface area contributed by atoms with Crippen LogP contribution < -0.4 is 5.32 Å². The van der Waals surface area contributed by atoms with Crippen LogP contribution >= 0.6 is 0 Å². The Hall–Kier alpha value is -2.17. The third kappa shape index (κ3) is 4.15. The van der Waals surface area contributed by atoms with E-state index in [4.69, 9.17) is 0 Å². The van der Waals surface area contributed by atoms with Crippen LogP contribution in [0.25, 0.3) is 0 Å². The van der Waals surface area contributed by atoms with Crippen molar-refractivity contribution in [3.05, 3.63) is 47.0 Å². The molecular formula is C16H22N4O. The van der Waals surface area contributed by atoms with Gasteiger partial charge in [-0.25, -0.2) is 0 Å². The highest BCUT2D eigenvalue weighted by Gasteiger charge is 2.10. The number of hydrogen-bond donors (Lipinski definition) is 1. The minimum absolute atomic E-state index is 0.0808. The van der Waals surface area contributed by atoms with E-state index in [0.717, 1.165) is 23.6 Å². The zero-order chi connectivity index (χ0) is 15.4. The van der Waals surface area contributed by atoms with E-state index in [-0.39, 0.29) is 5.91 Å². The molecule has 0 saturated heterocycles. The van der Waals surface area contributed by atoms with E-state index in [1.807, 2.05) is 31.5 Å². The van der Waals surface area contributed by atoms with Gasteiger partial charge in [0.25, 0.3) is 5.91 Å². The monoisotopic (exact) mass is 286 g/mol. The van der Waals surface area contributed by atoms with E-state index in [0.29, 0.717) is 18.0 Å². The van der Waals surface area contributed by atoms with Crippen LogP contribution in [0.4, 0.5) is 0 Å². The Labute approximate surface area is 125 Å². The van der Waals surface area contributed by atoms with Crippen LogP contribution in [0.3, 0.4) is 0 Å². The summed E-state index contributed by atoms with van der Waals surface area (Å²) in [4.78, 5) is 16.1. The van der Waals surface area contributed by atoms with Gasteiger partial charge in [-0.05, 0) is 44.9 Å². The lowest BCUT2D eigenvalue weighted by Gasteiger charge is -2.14. The van der Waals surface area contributed by atoms with Crippen LogP contribution in [0.2, 0.25) is 0 Å². The molecule has 1 N–H and O–H groups in total. The molecule has 0 bridgehead atoms. The summed E-state index contributed by atoms with van der Waals surface area (Å²) in [6.07, 6.45) is 1.61. The summed E-state index contributed by atoms with van der Waals surface area (Å²) in [5.41, 5.74) is 3.67. The molecule has 0 radical (unpaired) electrons. The van der Waals surface area contributed by atoms with Crippen molar-refractivity contribution in [3.8, 4) is 0 Å². The number of hydrogen-bond acceptors (Lipinski definition) is 3. The maximum Gasteiger partial charge on any atom is 0.252 e. The molecule has 0 fully saturated rings. The van der Waals surface area contributed by atoms with Crippen LogP contribution in [0.1, 0.15) is 34.4 Å². The number of amides is 1. The second kappa shape index (κ2) is 6.52. The van der Waals surface area contributed by atoms with Crippen LogP contribution in [-0.2, 0) is 6.54 Å². The van der Waals surface area contributed by atoms with Gasteiger partial charge in [-0.1, -0.05) is 6.92 Å². The summed E-state index contributed by atoms with van der Waals surface area (Å²) >= 11 is 0. The highest BCUT2D eigenvalue weighted by Crippen LogP contribution is 2.06. The zero-order valence-electron chi connectivity index (χ0n) is 13.1. The molecule has 0 spiro atoms. The number of nitrogens with one attached hydrogen (secondary N) is 1. The van der Waals surface area contributed by atoms with Gasteiger partial charge in [0.15, 0.2) is 0 Å². The molecule has 0 aliphatic heterocycles. The number of aryl methyl sites for hydroxylation is 3. The molecule has 0 aliphatic carbocycles. The molecule has 1 amide bonds. The van der Waals surface area contributed by atoms with Crippen LogP contribution in [0.15, 0.2) is 24.4 Å². The van der Waals surface area contributed by atoms with Crippen molar-refractivity contribution in [1.29, 1.82) is 0 Å². The van der Waals surface area contributed by atoms with Gasteiger partial charge >= 0.3 is 0 Å². The van der Waals surface area contributed by atoms with E-state index in [2.05, 4.69) is 28.4 Å². The average molecular weight is 286 g/mol. The predicted molar refractivity (Wildman–Crippen MR) is 82.2 cm³/mol. The minimum Gasteiger partial charge on any atom is -0.352 e. The van der Waals surface area contributed by atoms with Crippen molar-refractivity contribution in [2.45, 2.75) is 34.2 Å². The molecule has 2 rings (SSSR count). The van der Waals surface area contributed by atoms with Gasteiger partial charge in [0.2, 0.25) is 0 Å². The Kier molecular flexibility index (Phi) is 4.73. The molecule has 5 heteroatoms. The van der Waals surface area contributed by atoms with Gasteiger partial charge in [-0.2, -0.15) is 5.10 Å². The number of rotatable bonds is 5. The number of nitrogens with zero attached hydrogens (tertiary/aromatic N) is 3. The van der Waals surface area contributed by atoms with E-state index in [9.17, 15) is 4.79 Å². The van der Waals surface area contributed by atoms with E-state index >= 15 is 0 Å². The normalized spacial score (nSPS) is 12.2. The quantitative estimate of drug-likeness (QED) is 0.917. The molecular weight excluding hydrogens is 264 g/mol. The lowest BCUT2D eigenvalue weighted by atomic mass is 10.1. The van der Waals surface area contributed by atoms with Crippen LogP contribution in [0, 0.1) is 26.7 Å². The summed E-state index contributed by atoms with van der Waals surface area (Å²) < 4.78 is 1.99. The van der Waals surface area contributed by atoms with Gasteiger partial charge in [0.05, 0.1) is 11.3 Å². The summed E-state index contributed by atoms with van der Waals surface area (Å²) in [6.45, 7) is 9.45. The summed E-state index contributed by atoms with van der Waals surface area (Å²) in [5.74, 6) is 0.230. The molecule has 0 aliphatic rings. The topological polar surface area (TPSA) is 59.8 Å². The Morgan fingerprint density at radius 1 is 1.29 bits per heavy atom. The minimum atomic E-state index is -0.0808. The first-order valence-electron chi connectivity index (χ1n) is 7.17. The third-order valence-electron chi connectivity index (χ3n) is 3.37. The summed E-state index contributed by atoms with van der Waals surface area (Å²) in [7, 11) is 0. The first-order chi connectivity index (χ1) is 9.95. The molecule has 2 heterocycles. The number of carbonyl (C=O) groups is 1. The first-order valence-corrected chi connectivity index (χ1v) is 7.17. The van der Waals surface area contributed by atoms with Gasteiger partial charge in [0, 0.05) is 30.7 Å². The predicted octanol–water partition coefficient (Wildman–Crippen LogP) is 2.27. The highest BCUT2D eigenvalue weighted by atomic mass is 16.1. The molecule has 21 heavy (non-hydrogen) atoms. The van der Waals surface area contributed by atoms with Gasteiger partial charge in [-0.3, -0.25) is 14.5 Å². The molecule has 2 aromatic heterocycles. The standard InChI is InChI=1S/C16H22N4O/c1-11(10-20-14(4)7-13(3)19-20)8-18-16(21)15-6-5-12(2)17-9-15/h5-7,9,11H,8,10H2,1-4H3,(H,18,21)/t11-/m1/s1. The van der Waals surface area contributed by atoms with Crippen molar-refractivity contribution in [3.63, 3.8) is 0 Å². The summed E-state index contributed by atoms with van der Waals surface area (Å²) in [5, 5.41) is 7.38. The van der Waals surface area contributed by atoms with E-state index < -0.39 is 0 Å². The summed E-state index contributed by atoms with van der Waals surface area (Å²) in [6, 6.07) is 5.70. The SMILES string of the molecule is Cc1ccc(C(=O)NC[C@@H](C)Cn2nc(C)cc2C)cn1. The second-order valence-corrected chi connectivity index (χ2v) is 5.61. The molecule has 0 saturated carbocycles. The van der Waals surface area contributed by atoms with Crippen molar-refractivity contribution in [2.24, 2.45) is 5.92 Å². The second-order valence-electron chi connectivity index (χ2n) is 5.61. The van der Waals surface area contributed by atoms with Crippen LogP contribution in [0.5, 0.6) is 0 Å². The van der Waals surface area contributed by atoms with Crippen molar-refractivity contribution in [1.82, 2.24) is 20.1 Å². The number of pyridine rings is 1. The Morgan fingerprint density at radius 2 is 2.05 bits per heavy atom. The van der Waals surface area contributed by atoms with Crippen molar-refractivity contribution < 1.29 is 4.79 Å². The maximum absolute atomic E-state index is 12.0. The molecule has 0 unspecified atom stereocenters. The fraction of sp³-hybridized carbons (Fsp3) is 0.438. The van der Waals surface area contributed by atoms with E-state index in [1.165, 1.54) is 0 Å². The smallest absolute Gasteiger partial charge is 0.252 e. The highest BCUT2D eigenvalue weighted by molar-refractivity contribution is 5.93. The maximum atomic E-state index is 12.0.